The third-order valence-corrected chi connectivity index (χ3v) is 6.23. The van der Waals surface area contributed by atoms with Crippen LogP contribution >= 0.6 is 23.2 Å². The molecule has 148 valence electrons. The SMILES string of the molecule is CC(C)Cc1ccc(S(=O)(=O)Nc2cnn(Cc3ccc(Cl)c(Cl)c3)c2)cc1. The number of anilines is 1. The monoisotopic (exact) mass is 437 g/mol. The molecule has 0 atom stereocenters. The molecule has 0 radical (unpaired) electrons. The van der Waals surface area contributed by atoms with Crippen LogP contribution in [0.3, 0.4) is 0 Å². The Balaban J connectivity index is 1.70. The Morgan fingerprint density at radius 2 is 1.71 bits per heavy atom. The molecule has 0 aliphatic heterocycles. The quantitative estimate of drug-likeness (QED) is 0.549. The van der Waals surface area contributed by atoms with Gasteiger partial charge in [-0.3, -0.25) is 9.40 Å². The molecule has 1 N–H and O–H groups in total. The molecular weight excluding hydrogens is 417 g/mol. The fourth-order valence-corrected chi connectivity index (χ4v) is 4.17. The number of halogens is 2. The van der Waals surface area contributed by atoms with Crippen LogP contribution in [-0.4, -0.2) is 18.2 Å². The maximum Gasteiger partial charge on any atom is 0.261 e. The fraction of sp³-hybridized carbons (Fsp3) is 0.250. The van der Waals surface area contributed by atoms with E-state index in [0.717, 1.165) is 17.5 Å². The second-order valence-electron chi connectivity index (χ2n) is 7.02. The van der Waals surface area contributed by atoms with Gasteiger partial charge >= 0.3 is 0 Å². The number of rotatable bonds is 7. The van der Waals surface area contributed by atoms with Gasteiger partial charge in [0, 0.05) is 6.20 Å². The molecule has 0 fully saturated rings. The van der Waals surface area contributed by atoms with Gasteiger partial charge in [-0.2, -0.15) is 5.10 Å². The number of sulfonamides is 1. The van der Waals surface area contributed by atoms with Crippen LogP contribution in [0.15, 0.2) is 59.8 Å². The molecule has 0 unspecified atom stereocenters. The summed E-state index contributed by atoms with van der Waals surface area (Å²) in [5.74, 6) is 0.516. The highest BCUT2D eigenvalue weighted by atomic mass is 35.5. The molecule has 0 amide bonds. The van der Waals surface area contributed by atoms with Gasteiger partial charge in [-0.1, -0.05) is 55.2 Å². The summed E-state index contributed by atoms with van der Waals surface area (Å²) in [6.07, 6.45) is 4.02. The molecular formula is C20H21Cl2N3O2S. The van der Waals surface area contributed by atoms with Crippen molar-refractivity contribution < 1.29 is 8.42 Å². The minimum Gasteiger partial charge on any atom is -0.276 e. The molecule has 0 saturated carbocycles. The van der Waals surface area contributed by atoms with E-state index in [-0.39, 0.29) is 4.90 Å². The molecule has 0 bridgehead atoms. The lowest BCUT2D eigenvalue weighted by molar-refractivity contribution is 0.601. The van der Waals surface area contributed by atoms with E-state index < -0.39 is 10.0 Å². The van der Waals surface area contributed by atoms with Crippen LogP contribution in [0.5, 0.6) is 0 Å². The van der Waals surface area contributed by atoms with Crippen molar-refractivity contribution in [1.82, 2.24) is 9.78 Å². The van der Waals surface area contributed by atoms with Crippen molar-refractivity contribution >= 4 is 38.9 Å². The van der Waals surface area contributed by atoms with Gasteiger partial charge in [0.25, 0.3) is 10.0 Å². The van der Waals surface area contributed by atoms with E-state index >= 15 is 0 Å². The van der Waals surface area contributed by atoms with Crippen LogP contribution in [0.4, 0.5) is 5.69 Å². The standard InChI is InChI=1S/C20H21Cl2N3O2S/c1-14(2)9-15-3-6-18(7-4-15)28(26,27)24-17-11-23-25(13-17)12-16-5-8-19(21)20(22)10-16/h3-8,10-11,13-14,24H,9,12H2,1-2H3. The van der Waals surface area contributed by atoms with Crippen molar-refractivity contribution in [3.8, 4) is 0 Å². The van der Waals surface area contributed by atoms with Gasteiger partial charge < -0.3 is 0 Å². The van der Waals surface area contributed by atoms with Crippen LogP contribution < -0.4 is 4.72 Å². The summed E-state index contributed by atoms with van der Waals surface area (Å²) in [5.41, 5.74) is 2.42. The van der Waals surface area contributed by atoms with Crippen LogP contribution in [0.25, 0.3) is 0 Å². The van der Waals surface area contributed by atoms with E-state index in [1.165, 1.54) is 6.20 Å². The molecule has 1 aromatic heterocycles. The van der Waals surface area contributed by atoms with Crippen LogP contribution in [-0.2, 0) is 23.0 Å². The highest BCUT2D eigenvalue weighted by molar-refractivity contribution is 7.92. The van der Waals surface area contributed by atoms with Crippen LogP contribution in [0, 0.1) is 5.92 Å². The summed E-state index contributed by atoms with van der Waals surface area (Å²) in [6.45, 7) is 4.70. The first-order valence-electron chi connectivity index (χ1n) is 8.81. The molecule has 28 heavy (non-hydrogen) atoms. The fourth-order valence-electron chi connectivity index (χ4n) is 2.82. The summed E-state index contributed by atoms with van der Waals surface area (Å²) >= 11 is 11.9. The van der Waals surface area contributed by atoms with Crippen LogP contribution in [0.1, 0.15) is 25.0 Å². The van der Waals surface area contributed by atoms with E-state index in [0.29, 0.717) is 28.2 Å². The van der Waals surface area contributed by atoms with E-state index in [2.05, 4.69) is 23.7 Å². The molecule has 0 aliphatic rings. The van der Waals surface area contributed by atoms with E-state index in [4.69, 9.17) is 23.2 Å². The zero-order valence-electron chi connectivity index (χ0n) is 15.6. The third kappa shape index (κ3) is 5.28. The van der Waals surface area contributed by atoms with E-state index in [9.17, 15) is 8.42 Å². The molecule has 3 rings (SSSR count). The number of nitrogens with zero attached hydrogens (tertiary/aromatic N) is 2. The van der Waals surface area contributed by atoms with Gasteiger partial charge in [0.1, 0.15) is 0 Å². The van der Waals surface area contributed by atoms with Crippen LogP contribution in [0.2, 0.25) is 10.0 Å². The maximum atomic E-state index is 12.6. The molecule has 3 aromatic rings. The molecule has 1 heterocycles. The van der Waals surface area contributed by atoms with Gasteiger partial charge in [0.05, 0.1) is 33.4 Å². The minimum atomic E-state index is -3.67. The maximum absolute atomic E-state index is 12.6. The predicted octanol–water partition coefficient (Wildman–Crippen LogP) is 5.24. The normalized spacial score (nSPS) is 11.8. The molecule has 2 aromatic carbocycles. The minimum absolute atomic E-state index is 0.220. The van der Waals surface area contributed by atoms with Gasteiger partial charge in [-0.15, -0.1) is 0 Å². The first-order chi connectivity index (χ1) is 13.2. The van der Waals surface area contributed by atoms with Gasteiger partial charge in [-0.25, -0.2) is 8.42 Å². The van der Waals surface area contributed by atoms with Crippen molar-refractivity contribution in [2.75, 3.05) is 4.72 Å². The Labute approximate surface area is 175 Å². The van der Waals surface area contributed by atoms with Crippen molar-refractivity contribution in [3.05, 3.63) is 76.0 Å². The number of aromatic nitrogens is 2. The Hall–Kier alpha value is -2.02. The lowest BCUT2D eigenvalue weighted by Gasteiger charge is -2.08. The van der Waals surface area contributed by atoms with Gasteiger partial charge in [0.2, 0.25) is 0 Å². The third-order valence-electron chi connectivity index (χ3n) is 4.09. The van der Waals surface area contributed by atoms with E-state index in [1.807, 2.05) is 18.2 Å². The zero-order chi connectivity index (χ0) is 20.3. The summed E-state index contributed by atoms with van der Waals surface area (Å²) < 4.78 is 29.4. The predicted molar refractivity (Wildman–Crippen MR) is 114 cm³/mol. The molecule has 0 aliphatic carbocycles. The highest BCUT2D eigenvalue weighted by Crippen LogP contribution is 2.23. The Morgan fingerprint density at radius 3 is 2.36 bits per heavy atom. The topological polar surface area (TPSA) is 64.0 Å². The Bertz CT molecular complexity index is 1060. The average molecular weight is 438 g/mol. The number of hydrogen-bond acceptors (Lipinski definition) is 3. The summed E-state index contributed by atoms with van der Waals surface area (Å²) in [6, 6.07) is 12.3. The van der Waals surface area contributed by atoms with E-state index in [1.54, 1.807) is 35.1 Å². The summed E-state index contributed by atoms with van der Waals surface area (Å²) in [7, 11) is -3.67. The van der Waals surface area contributed by atoms with Crippen molar-refractivity contribution in [1.29, 1.82) is 0 Å². The van der Waals surface area contributed by atoms with Gasteiger partial charge in [-0.05, 0) is 47.7 Å². The molecule has 0 spiro atoms. The van der Waals surface area contributed by atoms with Crippen molar-refractivity contribution in [2.45, 2.75) is 31.7 Å². The summed E-state index contributed by atoms with van der Waals surface area (Å²) in [5, 5.41) is 5.15. The van der Waals surface area contributed by atoms with Crippen molar-refractivity contribution in [3.63, 3.8) is 0 Å². The second kappa shape index (κ2) is 8.55. The number of hydrogen-bond donors (Lipinski definition) is 1. The molecule has 0 saturated heterocycles. The number of nitrogens with one attached hydrogen (secondary N) is 1. The number of benzene rings is 2. The Kier molecular flexibility index (Phi) is 6.33. The Morgan fingerprint density at radius 1 is 1.04 bits per heavy atom. The lowest BCUT2D eigenvalue weighted by atomic mass is 10.0. The lowest BCUT2D eigenvalue weighted by Crippen LogP contribution is -2.12. The average Bonchev–Trinajstić information content (AvgIpc) is 3.04. The largest absolute Gasteiger partial charge is 0.276 e. The first kappa shape index (κ1) is 20.7. The van der Waals surface area contributed by atoms with Crippen molar-refractivity contribution in [2.24, 2.45) is 5.92 Å². The van der Waals surface area contributed by atoms with Gasteiger partial charge in [0.15, 0.2) is 0 Å². The summed E-state index contributed by atoms with van der Waals surface area (Å²) in [4.78, 5) is 0.220. The first-order valence-corrected chi connectivity index (χ1v) is 11.0. The molecule has 8 heteroatoms. The molecule has 5 nitrogen and oxygen atoms in total. The highest BCUT2D eigenvalue weighted by Gasteiger charge is 2.15. The zero-order valence-corrected chi connectivity index (χ0v) is 17.9. The smallest absolute Gasteiger partial charge is 0.261 e. The second-order valence-corrected chi connectivity index (χ2v) is 9.52.